The molecule has 1 aliphatic carbocycles. The van der Waals surface area contributed by atoms with E-state index in [1.165, 1.54) is 5.57 Å². The third-order valence-corrected chi connectivity index (χ3v) is 1.60. The Bertz CT molecular complexity index is 163. The van der Waals surface area contributed by atoms with Gasteiger partial charge in [0.2, 0.25) is 0 Å². The number of rotatable bonds is 1. The molecule has 0 atom stereocenters. The highest BCUT2D eigenvalue weighted by molar-refractivity contribution is 7.80. The lowest BCUT2D eigenvalue weighted by atomic mass is 10.3. The van der Waals surface area contributed by atoms with Crippen molar-refractivity contribution in [2.24, 2.45) is 0 Å². The highest BCUT2D eigenvalue weighted by Crippen LogP contribution is 2.04. The zero-order valence-electron chi connectivity index (χ0n) is 5.25. The molecule has 0 amide bonds. The molecular weight excluding hydrogens is 128 g/mol. The number of hydrogen-bond donors (Lipinski definition) is 1. The molecule has 1 heteroatoms. The summed E-state index contributed by atoms with van der Waals surface area (Å²) in [4.78, 5) is 0. The predicted octanol–water partition coefficient (Wildman–Crippen LogP) is 2.36. The van der Waals surface area contributed by atoms with Crippen molar-refractivity contribution in [1.82, 2.24) is 0 Å². The van der Waals surface area contributed by atoms with E-state index in [2.05, 4.69) is 43.0 Å². The summed E-state index contributed by atoms with van der Waals surface area (Å²) in [7, 11) is 0. The van der Waals surface area contributed by atoms with Crippen LogP contribution >= 0.6 is 12.6 Å². The van der Waals surface area contributed by atoms with Gasteiger partial charge in [-0.2, -0.15) is 12.6 Å². The Labute approximate surface area is 61.4 Å². The maximum Gasteiger partial charge on any atom is 0.0154 e. The summed E-state index contributed by atoms with van der Waals surface area (Å²) >= 11 is 4.16. The summed E-state index contributed by atoms with van der Waals surface area (Å²) in [6.07, 6.45) is 11.6. The van der Waals surface area contributed by atoms with Gasteiger partial charge >= 0.3 is 0 Å². The molecule has 1 aliphatic rings. The van der Waals surface area contributed by atoms with Crippen LogP contribution in [0.4, 0.5) is 0 Å². The normalized spacial score (nSPS) is 17.2. The number of allylic oxidation sites excluding steroid dienone is 5. The first-order valence-corrected chi connectivity index (χ1v) is 3.70. The van der Waals surface area contributed by atoms with Crippen molar-refractivity contribution in [1.29, 1.82) is 0 Å². The van der Waals surface area contributed by atoms with Gasteiger partial charge in [0.15, 0.2) is 0 Å². The maximum atomic E-state index is 4.16. The zero-order chi connectivity index (χ0) is 6.53. The van der Waals surface area contributed by atoms with Gasteiger partial charge in [-0.05, 0) is 12.0 Å². The minimum atomic E-state index is 0.834. The van der Waals surface area contributed by atoms with E-state index in [0.29, 0.717) is 0 Å². The summed E-state index contributed by atoms with van der Waals surface area (Å²) in [5, 5.41) is 0. The van der Waals surface area contributed by atoms with E-state index in [0.717, 1.165) is 12.2 Å². The van der Waals surface area contributed by atoms with E-state index < -0.39 is 0 Å². The molecule has 0 saturated heterocycles. The maximum absolute atomic E-state index is 4.16. The smallest absolute Gasteiger partial charge is 0.0154 e. The second-order valence-electron chi connectivity index (χ2n) is 1.97. The van der Waals surface area contributed by atoms with Crippen molar-refractivity contribution >= 4 is 12.6 Å². The van der Waals surface area contributed by atoms with Crippen LogP contribution in [0.1, 0.15) is 6.42 Å². The Kier molecular flexibility index (Phi) is 2.65. The molecule has 0 nitrogen and oxygen atoms in total. The summed E-state index contributed by atoms with van der Waals surface area (Å²) in [6.45, 7) is 0. The third-order valence-electron chi connectivity index (χ3n) is 1.23. The fraction of sp³-hybridized carbons (Fsp3) is 0.250. The fourth-order valence-corrected chi connectivity index (χ4v) is 0.940. The molecule has 0 heterocycles. The molecule has 48 valence electrons. The molecule has 0 bridgehead atoms. The average Bonchev–Trinajstić information content (AvgIpc) is 2.13. The zero-order valence-corrected chi connectivity index (χ0v) is 6.14. The Morgan fingerprint density at radius 3 is 3.11 bits per heavy atom. The number of hydrogen-bond acceptors (Lipinski definition) is 1. The van der Waals surface area contributed by atoms with Crippen LogP contribution in [0, 0.1) is 0 Å². The first-order chi connectivity index (χ1) is 4.43. The van der Waals surface area contributed by atoms with Crippen molar-refractivity contribution in [3.63, 3.8) is 0 Å². The first kappa shape index (κ1) is 6.69. The Morgan fingerprint density at radius 1 is 1.44 bits per heavy atom. The van der Waals surface area contributed by atoms with Crippen molar-refractivity contribution in [3.05, 3.63) is 36.0 Å². The van der Waals surface area contributed by atoms with E-state index >= 15 is 0 Å². The molecule has 0 spiro atoms. The molecule has 0 saturated carbocycles. The third kappa shape index (κ3) is 2.10. The quantitative estimate of drug-likeness (QED) is 0.528. The molecule has 0 fully saturated rings. The van der Waals surface area contributed by atoms with Gasteiger partial charge in [0, 0.05) is 5.75 Å². The second kappa shape index (κ2) is 3.57. The standard InChI is InChI=1S/C8H10S/c9-7-8-5-3-1-2-4-6-8/h1,3-6,9H,2,7H2. The SMILES string of the molecule is SCC1=CC=CCC=C1. The molecule has 1 rings (SSSR count). The van der Waals surface area contributed by atoms with Crippen LogP contribution < -0.4 is 0 Å². The van der Waals surface area contributed by atoms with E-state index in [4.69, 9.17) is 0 Å². The van der Waals surface area contributed by atoms with E-state index in [1.54, 1.807) is 0 Å². The second-order valence-corrected chi connectivity index (χ2v) is 2.28. The molecule has 0 aromatic heterocycles. The van der Waals surface area contributed by atoms with Gasteiger partial charge in [0.1, 0.15) is 0 Å². The van der Waals surface area contributed by atoms with Crippen LogP contribution in [0.25, 0.3) is 0 Å². The van der Waals surface area contributed by atoms with E-state index in [1.807, 2.05) is 0 Å². The molecule has 0 radical (unpaired) electrons. The van der Waals surface area contributed by atoms with Gasteiger partial charge in [-0.1, -0.05) is 30.4 Å². The Balaban J connectivity index is 2.67. The van der Waals surface area contributed by atoms with Crippen LogP contribution in [0.2, 0.25) is 0 Å². The number of thiol groups is 1. The van der Waals surface area contributed by atoms with Gasteiger partial charge in [-0.3, -0.25) is 0 Å². The molecule has 0 unspecified atom stereocenters. The Morgan fingerprint density at radius 2 is 2.33 bits per heavy atom. The Hall–Kier alpha value is -0.430. The minimum absolute atomic E-state index is 0.834. The first-order valence-electron chi connectivity index (χ1n) is 3.06. The van der Waals surface area contributed by atoms with E-state index in [-0.39, 0.29) is 0 Å². The minimum Gasteiger partial charge on any atom is -0.175 e. The van der Waals surface area contributed by atoms with Crippen LogP contribution in [0.5, 0.6) is 0 Å². The lowest BCUT2D eigenvalue weighted by Crippen LogP contribution is -1.75. The molecule has 0 aliphatic heterocycles. The molecular formula is C8H10S. The van der Waals surface area contributed by atoms with Gasteiger partial charge in [-0.15, -0.1) is 0 Å². The lowest BCUT2D eigenvalue weighted by molar-refractivity contribution is 1.40. The van der Waals surface area contributed by atoms with Gasteiger partial charge in [0.25, 0.3) is 0 Å². The van der Waals surface area contributed by atoms with Crippen LogP contribution in [0.15, 0.2) is 36.0 Å². The molecule has 0 N–H and O–H groups in total. The molecule has 9 heavy (non-hydrogen) atoms. The van der Waals surface area contributed by atoms with Gasteiger partial charge < -0.3 is 0 Å². The van der Waals surface area contributed by atoms with Crippen molar-refractivity contribution in [3.8, 4) is 0 Å². The topological polar surface area (TPSA) is 0 Å². The summed E-state index contributed by atoms with van der Waals surface area (Å²) in [5.41, 5.74) is 1.28. The molecule has 0 aromatic carbocycles. The summed E-state index contributed by atoms with van der Waals surface area (Å²) in [6, 6.07) is 0. The van der Waals surface area contributed by atoms with Gasteiger partial charge in [-0.25, -0.2) is 0 Å². The van der Waals surface area contributed by atoms with Crippen LogP contribution in [0.3, 0.4) is 0 Å². The largest absolute Gasteiger partial charge is 0.175 e. The predicted molar refractivity (Wildman–Crippen MR) is 44.8 cm³/mol. The lowest BCUT2D eigenvalue weighted by Gasteiger charge is -1.89. The highest BCUT2D eigenvalue weighted by Gasteiger charge is 1.86. The van der Waals surface area contributed by atoms with Gasteiger partial charge in [0.05, 0.1) is 0 Å². The van der Waals surface area contributed by atoms with E-state index in [9.17, 15) is 0 Å². The van der Waals surface area contributed by atoms with Crippen molar-refractivity contribution in [2.75, 3.05) is 5.75 Å². The fourth-order valence-electron chi connectivity index (χ4n) is 0.729. The van der Waals surface area contributed by atoms with Crippen molar-refractivity contribution in [2.45, 2.75) is 6.42 Å². The summed E-state index contributed by atoms with van der Waals surface area (Å²) < 4.78 is 0. The van der Waals surface area contributed by atoms with Crippen molar-refractivity contribution < 1.29 is 0 Å². The summed E-state index contributed by atoms with van der Waals surface area (Å²) in [5.74, 6) is 0.834. The monoisotopic (exact) mass is 138 g/mol. The highest BCUT2D eigenvalue weighted by atomic mass is 32.1. The average molecular weight is 138 g/mol. The molecule has 0 aromatic rings. The van der Waals surface area contributed by atoms with Crippen LogP contribution in [-0.2, 0) is 0 Å². The van der Waals surface area contributed by atoms with Crippen LogP contribution in [-0.4, -0.2) is 5.75 Å².